The Morgan fingerprint density at radius 1 is 1.80 bits per heavy atom. The van der Waals surface area contributed by atoms with E-state index in [1.165, 1.54) is 6.21 Å². The highest BCUT2D eigenvalue weighted by atomic mass is 15.1. The van der Waals surface area contributed by atoms with E-state index in [0.717, 1.165) is 18.8 Å². The Morgan fingerprint density at radius 3 is 2.80 bits per heavy atom. The smallest absolute Gasteiger partial charge is 0.0377 e. The van der Waals surface area contributed by atoms with E-state index < -0.39 is 0 Å². The number of likely N-dealkylation sites (N-methyl/N-ethyl adjacent to an activating group) is 1. The molecule has 3 nitrogen and oxygen atoms in total. The van der Waals surface area contributed by atoms with Gasteiger partial charge in [0.1, 0.15) is 0 Å². The van der Waals surface area contributed by atoms with Gasteiger partial charge in [-0.2, -0.15) is 0 Å². The van der Waals surface area contributed by atoms with Gasteiger partial charge in [-0.05, 0) is 19.7 Å². The van der Waals surface area contributed by atoms with Crippen molar-refractivity contribution in [1.29, 1.82) is 5.41 Å². The Labute approximate surface area is 63.5 Å². The summed E-state index contributed by atoms with van der Waals surface area (Å²) in [6.45, 7) is 3.79. The third kappa shape index (κ3) is 4.09. The molecule has 0 saturated heterocycles. The molecule has 0 unspecified atom stereocenters. The standard InChI is InChI=1S/C7H15N3.H2/c1-3-10(2)6-7(9)4-5-8;/h4-5,8H,3,6,9H2,1-2H3;1H/b7-4-,8-5?;. The molecule has 0 aromatic rings. The molecule has 0 bridgehead atoms. The van der Waals surface area contributed by atoms with Crippen LogP contribution in [-0.4, -0.2) is 31.3 Å². The van der Waals surface area contributed by atoms with Crippen LogP contribution in [0.5, 0.6) is 0 Å². The Hall–Kier alpha value is -0.830. The second-order valence-electron chi connectivity index (χ2n) is 2.24. The first-order valence-electron chi connectivity index (χ1n) is 3.34. The number of rotatable bonds is 4. The van der Waals surface area contributed by atoms with E-state index in [2.05, 4.69) is 11.8 Å². The van der Waals surface area contributed by atoms with Gasteiger partial charge in [0.2, 0.25) is 0 Å². The highest BCUT2D eigenvalue weighted by molar-refractivity contribution is 5.68. The Kier molecular flexibility index (Phi) is 4.58. The second kappa shape index (κ2) is 4.99. The monoisotopic (exact) mass is 143 g/mol. The van der Waals surface area contributed by atoms with Gasteiger partial charge in [0.05, 0.1) is 0 Å². The van der Waals surface area contributed by atoms with Gasteiger partial charge < -0.3 is 16.0 Å². The third-order valence-electron chi connectivity index (χ3n) is 1.29. The summed E-state index contributed by atoms with van der Waals surface area (Å²) in [4.78, 5) is 2.08. The number of hydrogen-bond donors (Lipinski definition) is 2. The van der Waals surface area contributed by atoms with Crippen molar-refractivity contribution in [3.63, 3.8) is 0 Å². The molecule has 60 valence electrons. The van der Waals surface area contributed by atoms with Crippen molar-refractivity contribution >= 4 is 6.21 Å². The minimum atomic E-state index is 0. The van der Waals surface area contributed by atoms with Crippen LogP contribution in [0.2, 0.25) is 0 Å². The molecule has 0 aromatic heterocycles. The molecule has 0 aliphatic heterocycles. The van der Waals surface area contributed by atoms with Crippen LogP contribution in [-0.2, 0) is 0 Å². The van der Waals surface area contributed by atoms with E-state index >= 15 is 0 Å². The maximum Gasteiger partial charge on any atom is 0.0377 e. The number of nitrogens with one attached hydrogen (secondary N) is 1. The van der Waals surface area contributed by atoms with Crippen molar-refractivity contribution in [2.75, 3.05) is 20.1 Å². The molecule has 0 fully saturated rings. The quantitative estimate of drug-likeness (QED) is 0.568. The fourth-order valence-electron chi connectivity index (χ4n) is 0.583. The normalized spacial score (nSPS) is 12.1. The van der Waals surface area contributed by atoms with Crippen LogP contribution in [0, 0.1) is 5.41 Å². The first kappa shape index (κ1) is 9.17. The summed E-state index contributed by atoms with van der Waals surface area (Å²) in [7, 11) is 1.99. The molecule has 0 aromatic carbocycles. The van der Waals surface area contributed by atoms with E-state index in [1.807, 2.05) is 7.05 Å². The molecular formula is C7H17N3. The van der Waals surface area contributed by atoms with Crippen LogP contribution in [0.15, 0.2) is 11.8 Å². The minimum absolute atomic E-state index is 0. The van der Waals surface area contributed by atoms with Gasteiger partial charge in [0.25, 0.3) is 0 Å². The molecule has 0 atom stereocenters. The van der Waals surface area contributed by atoms with Crippen LogP contribution < -0.4 is 5.73 Å². The van der Waals surface area contributed by atoms with Gasteiger partial charge in [-0.25, -0.2) is 0 Å². The lowest BCUT2D eigenvalue weighted by Gasteiger charge is -2.12. The molecule has 3 N–H and O–H groups in total. The predicted molar refractivity (Wildman–Crippen MR) is 46.3 cm³/mol. The maximum absolute atomic E-state index is 6.73. The Bertz CT molecular complexity index is 134. The van der Waals surface area contributed by atoms with Crippen molar-refractivity contribution < 1.29 is 1.43 Å². The fourth-order valence-corrected chi connectivity index (χ4v) is 0.583. The third-order valence-corrected chi connectivity index (χ3v) is 1.29. The lowest BCUT2D eigenvalue weighted by molar-refractivity contribution is 0.382. The topological polar surface area (TPSA) is 53.1 Å². The van der Waals surface area contributed by atoms with Gasteiger partial charge in [-0.15, -0.1) is 0 Å². The average Bonchev–Trinajstić information content (AvgIpc) is 1.88. The predicted octanol–water partition coefficient (Wildman–Crippen LogP) is 0.676. The molecule has 0 amide bonds. The van der Waals surface area contributed by atoms with Gasteiger partial charge in [-0.3, -0.25) is 0 Å². The van der Waals surface area contributed by atoms with E-state index in [4.69, 9.17) is 11.1 Å². The number of nitrogens with zero attached hydrogens (tertiary/aromatic N) is 1. The molecule has 10 heavy (non-hydrogen) atoms. The number of hydrogen-bond acceptors (Lipinski definition) is 3. The summed E-state index contributed by atoms with van der Waals surface area (Å²) in [5, 5.41) is 6.73. The first-order chi connectivity index (χ1) is 4.70. The van der Waals surface area contributed by atoms with Crippen molar-refractivity contribution in [1.82, 2.24) is 4.90 Å². The van der Waals surface area contributed by atoms with Gasteiger partial charge in [0, 0.05) is 19.9 Å². The fraction of sp³-hybridized carbons (Fsp3) is 0.571. The largest absolute Gasteiger partial charge is 0.401 e. The number of allylic oxidation sites excluding steroid dienone is 1. The Morgan fingerprint density at radius 2 is 2.40 bits per heavy atom. The van der Waals surface area contributed by atoms with Gasteiger partial charge in [0.15, 0.2) is 0 Å². The maximum atomic E-state index is 6.73. The molecule has 0 saturated carbocycles. The zero-order valence-electron chi connectivity index (χ0n) is 6.59. The zero-order chi connectivity index (χ0) is 7.98. The highest BCUT2D eigenvalue weighted by Gasteiger charge is 1.93. The minimum Gasteiger partial charge on any atom is -0.401 e. The molecule has 0 aliphatic carbocycles. The molecule has 0 rings (SSSR count). The summed E-state index contributed by atoms with van der Waals surface area (Å²) < 4.78 is 0. The van der Waals surface area contributed by atoms with Crippen LogP contribution in [0.4, 0.5) is 0 Å². The van der Waals surface area contributed by atoms with Crippen LogP contribution >= 0.6 is 0 Å². The summed E-state index contributed by atoms with van der Waals surface area (Å²) in [6.07, 6.45) is 2.81. The number of nitrogens with two attached hydrogens (primary N) is 1. The van der Waals surface area contributed by atoms with Crippen LogP contribution in [0.3, 0.4) is 0 Å². The molecule has 0 spiro atoms. The van der Waals surface area contributed by atoms with E-state index in [-0.39, 0.29) is 1.43 Å². The van der Waals surface area contributed by atoms with Crippen molar-refractivity contribution in [2.24, 2.45) is 5.73 Å². The first-order valence-corrected chi connectivity index (χ1v) is 3.34. The Balaban J connectivity index is 0. The molecule has 0 heterocycles. The van der Waals surface area contributed by atoms with Crippen LogP contribution in [0.1, 0.15) is 8.35 Å². The highest BCUT2D eigenvalue weighted by Crippen LogP contribution is 1.86. The van der Waals surface area contributed by atoms with Crippen LogP contribution in [0.25, 0.3) is 0 Å². The average molecular weight is 143 g/mol. The molecule has 3 heteroatoms. The van der Waals surface area contributed by atoms with E-state index in [9.17, 15) is 0 Å². The van der Waals surface area contributed by atoms with Crippen molar-refractivity contribution in [3.8, 4) is 0 Å². The zero-order valence-corrected chi connectivity index (χ0v) is 6.59. The van der Waals surface area contributed by atoms with Gasteiger partial charge in [-0.1, -0.05) is 6.92 Å². The lowest BCUT2D eigenvalue weighted by Crippen LogP contribution is -2.23. The second-order valence-corrected chi connectivity index (χ2v) is 2.24. The molecular weight excluding hydrogens is 126 g/mol. The summed E-state index contributed by atoms with van der Waals surface area (Å²) in [5.41, 5.74) is 6.26. The van der Waals surface area contributed by atoms with E-state index in [0.29, 0.717) is 0 Å². The van der Waals surface area contributed by atoms with Gasteiger partial charge >= 0.3 is 0 Å². The summed E-state index contributed by atoms with van der Waals surface area (Å²) in [5.74, 6) is 0. The van der Waals surface area contributed by atoms with Crippen molar-refractivity contribution in [3.05, 3.63) is 11.8 Å². The lowest BCUT2D eigenvalue weighted by atomic mass is 10.4. The SMILES string of the molecule is CCN(C)C/C(N)=C/C=N.[HH]. The molecule has 0 radical (unpaired) electrons. The molecule has 0 aliphatic rings. The van der Waals surface area contributed by atoms with E-state index in [1.54, 1.807) is 6.08 Å². The summed E-state index contributed by atoms with van der Waals surface area (Å²) >= 11 is 0. The van der Waals surface area contributed by atoms with Crippen molar-refractivity contribution in [2.45, 2.75) is 6.92 Å². The summed E-state index contributed by atoms with van der Waals surface area (Å²) in [6, 6.07) is 0.